The Bertz CT molecular complexity index is 352. The van der Waals surface area contributed by atoms with Crippen LogP contribution in [0.1, 0.15) is 26.3 Å². The average molecular weight is 224 g/mol. The Morgan fingerprint density at radius 3 is 2.67 bits per heavy atom. The largest absolute Gasteiger partial charge is 0.488 e. The van der Waals surface area contributed by atoms with E-state index in [-0.39, 0.29) is 6.10 Å². The van der Waals surface area contributed by atoms with Crippen molar-refractivity contribution < 1.29 is 4.74 Å². The predicted molar refractivity (Wildman–Crippen MR) is 65.1 cm³/mol. The third-order valence-electron chi connectivity index (χ3n) is 2.30. The van der Waals surface area contributed by atoms with Gasteiger partial charge in [-0.05, 0) is 18.9 Å². The molecule has 0 aliphatic rings. The molecule has 0 saturated carbocycles. The number of thiocarbonyl (C=S) groups is 1. The molecular weight excluding hydrogens is 208 g/mol. The van der Waals surface area contributed by atoms with Crippen LogP contribution in [0.2, 0.25) is 0 Å². The van der Waals surface area contributed by atoms with E-state index < -0.39 is 0 Å². The van der Waals surface area contributed by atoms with Crippen LogP contribution in [-0.2, 0) is 0 Å². The molecular formula is C11H16N2OS. The van der Waals surface area contributed by atoms with E-state index in [1.807, 2.05) is 6.92 Å². The van der Waals surface area contributed by atoms with Gasteiger partial charge in [0.25, 0.3) is 0 Å². The van der Waals surface area contributed by atoms with Crippen molar-refractivity contribution in [1.29, 1.82) is 0 Å². The van der Waals surface area contributed by atoms with Crippen LogP contribution in [0.25, 0.3) is 0 Å². The molecule has 1 atom stereocenters. The van der Waals surface area contributed by atoms with Gasteiger partial charge < -0.3 is 10.5 Å². The molecule has 0 spiro atoms. The van der Waals surface area contributed by atoms with Crippen LogP contribution in [0.4, 0.5) is 0 Å². The molecule has 0 fully saturated rings. The van der Waals surface area contributed by atoms with Crippen molar-refractivity contribution in [2.24, 2.45) is 11.7 Å². The van der Waals surface area contributed by atoms with E-state index in [0.29, 0.717) is 16.7 Å². The lowest BCUT2D eigenvalue weighted by Gasteiger charge is -2.19. The first kappa shape index (κ1) is 11.9. The van der Waals surface area contributed by atoms with Crippen LogP contribution in [-0.4, -0.2) is 16.1 Å². The summed E-state index contributed by atoms with van der Waals surface area (Å²) in [5.41, 5.74) is 6.33. The van der Waals surface area contributed by atoms with Crippen molar-refractivity contribution >= 4 is 17.2 Å². The second kappa shape index (κ2) is 5.07. The molecule has 0 radical (unpaired) electrons. The molecule has 3 nitrogen and oxygen atoms in total. The first-order valence-electron chi connectivity index (χ1n) is 4.93. The van der Waals surface area contributed by atoms with Crippen LogP contribution in [0.15, 0.2) is 18.5 Å². The van der Waals surface area contributed by atoms with Gasteiger partial charge in [-0.25, -0.2) is 0 Å². The van der Waals surface area contributed by atoms with Gasteiger partial charge in [0.2, 0.25) is 0 Å². The van der Waals surface area contributed by atoms with Gasteiger partial charge in [-0.3, -0.25) is 4.98 Å². The second-order valence-corrected chi connectivity index (χ2v) is 4.24. The molecule has 1 aromatic rings. The highest BCUT2D eigenvalue weighted by Gasteiger charge is 2.12. The molecule has 82 valence electrons. The highest BCUT2D eigenvalue weighted by molar-refractivity contribution is 7.80. The molecule has 1 unspecified atom stereocenters. The van der Waals surface area contributed by atoms with E-state index >= 15 is 0 Å². The average Bonchev–Trinajstić information content (AvgIpc) is 2.18. The van der Waals surface area contributed by atoms with E-state index in [1.54, 1.807) is 18.5 Å². The number of hydrogen-bond acceptors (Lipinski definition) is 3. The Balaban J connectivity index is 2.89. The first-order valence-corrected chi connectivity index (χ1v) is 5.33. The number of pyridine rings is 1. The maximum atomic E-state index is 5.74. The number of ether oxygens (including phenoxy) is 1. The second-order valence-electron chi connectivity index (χ2n) is 3.80. The lowest BCUT2D eigenvalue weighted by atomic mass is 10.1. The summed E-state index contributed by atoms with van der Waals surface area (Å²) in [5.74, 6) is 1.09. The van der Waals surface area contributed by atoms with Gasteiger partial charge in [0.15, 0.2) is 0 Å². The van der Waals surface area contributed by atoms with Crippen LogP contribution < -0.4 is 10.5 Å². The van der Waals surface area contributed by atoms with Crippen molar-refractivity contribution in [1.82, 2.24) is 4.98 Å². The topological polar surface area (TPSA) is 48.1 Å². The minimum atomic E-state index is 0.113. The van der Waals surface area contributed by atoms with E-state index in [9.17, 15) is 0 Å². The summed E-state index contributed by atoms with van der Waals surface area (Å²) in [4.78, 5) is 4.34. The van der Waals surface area contributed by atoms with Gasteiger partial charge in [-0.2, -0.15) is 0 Å². The molecule has 0 aliphatic heterocycles. The molecule has 15 heavy (non-hydrogen) atoms. The molecule has 1 rings (SSSR count). The van der Waals surface area contributed by atoms with Crippen LogP contribution >= 0.6 is 12.2 Å². The van der Waals surface area contributed by atoms with Crippen molar-refractivity contribution in [3.63, 3.8) is 0 Å². The minimum Gasteiger partial charge on any atom is -0.488 e. The fourth-order valence-electron chi connectivity index (χ4n) is 1.01. The zero-order valence-corrected chi connectivity index (χ0v) is 10.0. The lowest BCUT2D eigenvalue weighted by molar-refractivity contribution is 0.169. The Morgan fingerprint density at radius 2 is 2.13 bits per heavy atom. The summed E-state index contributed by atoms with van der Waals surface area (Å²) in [5, 5.41) is 0. The quantitative estimate of drug-likeness (QED) is 0.796. The predicted octanol–water partition coefficient (Wildman–Crippen LogP) is 2.14. The third-order valence-corrected chi connectivity index (χ3v) is 2.52. The number of nitrogens with zero attached hydrogens (tertiary/aromatic N) is 1. The summed E-state index contributed by atoms with van der Waals surface area (Å²) < 4.78 is 5.74. The fraction of sp³-hybridized carbons (Fsp3) is 0.455. The Morgan fingerprint density at radius 1 is 1.47 bits per heavy atom. The van der Waals surface area contributed by atoms with E-state index in [4.69, 9.17) is 22.7 Å². The summed E-state index contributed by atoms with van der Waals surface area (Å²) in [6, 6.07) is 1.77. The molecule has 4 heteroatoms. The highest BCUT2D eigenvalue weighted by Crippen LogP contribution is 2.19. The molecule has 0 bridgehead atoms. The lowest BCUT2D eigenvalue weighted by Crippen LogP contribution is -2.21. The van der Waals surface area contributed by atoms with Crippen molar-refractivity contribution in [2.45, 2.75) is 26.9 Å². The maximum Gasteiger partial charge on any atom is 0.148 e. The van der Waals surface area contributed by atoms with Gasteiger partial charge in [-0.15, -0.1) is 0 Å². The van der Waals surface area contributed by atoms with Crippen molar-refractivity contribution in [3.05, 3.63) is 24.0 Å². The molecule has 0 aliphatic carbocycles. The van der Waals surface area contributed by atoms with Crippen molar-refractivity contribution in [2.75, 3.05) is 0 Å². The molecule has 0 amide bonds. The van der Waals surface area contributed by atoms with E-state index in [0.717, 1.165) is 5.56 Å². The molecule has 1 aromatic heterocycles. The monoisotopic (exact) mass is 224 g/mol. The summed E-state index contributed by atoms with van der Waals surface area (Å²) >= 11 is 4.94. The van der Waals surface area contributed by atoms with Gasteiger partial charge in [0, 0.05) is 6.20 Å². The first-order chi connectivity index (χ1) is 7.02. The Labute approximate surface area is 95.7 Å². The van der Waals surface area contributed by atoms with E-state index in [2.05, 4.69) is 18.8 Å². The Hall–Kier alpha value is -1.16. The standard InChI is InChI=1S/C11H16N2OS/c1-7(2)8(3)14-10-6-13-5-4-9(10)11(12)15/h4-8H,1-3H3,(H2,12,15). The Kier molecular flexibility index (Phi) is 4.03. The minimum absolute atomic E-state index is 0.113. The third kappa shape index (κ3) is 3.16. The molecule has 1 heterocycles. The molecule has 0 saturated heterocycles. The fourth-order valence-corrected chi connectivity index (χ4v) is 1.18. The van der Waals surface area contributed by atoms with Crippen LogP contribution in [0.5, 0.6) is 5.75 Å². The number of aromatic nitrogens is 1. The smallest absolute Gasteiger partial charge is 0.148 e. The zero-order valence-electron chi connectivity index (χ0n) is 9.23. The number of rotatable bonds is 4. The van der Waals surface area contributed by atoms with Crippen molar-refractivity contribution in [3.8, 4) is 5.75 Å². The normalized spacial score (nSPS) is 12.5. The zero-order chi connectivity index (χ0) is 11.4. The van der Waals surface area contributed by atoms with Gasteiger partial charge in [0.1, 0.15) is 10.7 Å². The number of hydrogen-bond donors (Lipinski definition) is 1. The maximum absolute atomic E-state index is 5.74. The summed E-state index contributed by atoms with van der Waals surface area (Å²) in [6.07, 6.45) is 3.41. The van der Waals surface area contributed by atoms with Crippen LogP contribution in [0, 0.1) is 5.92 Å². The molecule has 0 aromatic carbocycles. The van der Waals surface area contributed by atoms with Gasteiger partial charge in [-0.1, -0.05) is 26.1 Å². The van der Waals surface area contributed by atoms with Gasteiger partial charge >= 0.3 is 0 Å². The summed E-state index contributed by atoms with van der Waals surface area (Å²) in [7, 11) is 0. The highest BCUT2D eigenvalue weighted by atomic mass is 32.1. The SMILES string of the molecule is CC(C)C(C)Oc1cnccc1C(N)=S. The van der Waals surface area contributed by atoms with Gasteiger partial charge in [0.05, 0.1) is 17.9 Å². The summed E-state index contributed by atoms with van der Waals surface area (Å²) in [6.45, 7) is 6.21. The number of nitrogens with two attached hydrogens (primary N) is 1. The van der Waals surface area contributed by atoms with E-state index in [1.165, 1.54) is 0 Å². The van der Waals surface area contributed by atoms with Crippen LogP contribution in [0.3, 0.4) is 0 Å². The molecule has 2 N–H and O–H groups in total.